The van der Waals surface area contributed by atoms with Gasteiger partial charge in [-0.15, -0.1) is 5.10 Å². The molecule has 3 rings (SSSR count). The third-order valence-corrected chi connectivity index (χ3v) is 3.42. The number of nitrogens with zero attached hydrogens (tertiary/aromatic N) is 3. The van der Waals surface area contributed by atoms with Gasteiger partial charge >= 0.3 is 0 Å². The van der Waals surface area contributed by atoms with Crippen LogP contribution in [0.25, 0.3) is 11.4 Å². The van der Waals surface area contributed by atoms with Gasteiger partial charge in [-0.1, -0.05) is 6.07 Å². The van der Waals surface area contributed by atoms with Gasteiger partial charge in [-0.25, -0.2) is 8.78 Å². The standard InChI is InChI=1S/C13H15F2N5/c14-10-5-1-4-9(11(10)15)12-17-13(19-18-12)20-6-2-3-8(16)7-20/h1,4-5,8H,2-3,6-7,16H2,(H,17,18,19). The van der Waals surface area contributed by atoms with Gasteiger partial charge in [-0.05, 0) is 25.0 Å². The summed E-state index contributed by atoms with van der Waals surface area (Å²) in [6.07, 6.45) is 1.95. The fourth-order valence-electron chi connectivity index (χ4n) is 2.39. The zero-order valence-electron chi connectivity index (χ0n) is 10.8. The van der Waals surface area contributed by atoms with Crippen molar-refractivity contribution < 1.29 is 8.78 Å². The Hall–Kier alpha value is -2.02. The molecule has 1 aliphatic heterocycles. The van der Waals surface area contributed by atoms with Gasteiger partial charge in [0.2, 0.25) is 5.95 Å². The summed E-state index contributed by atoms with van der Waals surface area (Å²) in [4.78, 5) is 6.19. The molecule has 20 heavy (non-hydrogen) atoms. The van der Waals surface area contributed by atoms with Gasteiger partial charge in [-0.2, -0.15) is 4.98 Å². The van der Waals surface area contributed by atoms with E-state index >= 15 is 0 Å². The summed E-state index contributed by atoms with van der Waals surface area (Å²) in [7, 11) is 0. The van der Waals surface area contributed by atoms with Gasteiger partial charge in [0, 0.05) is 19.1 Å². The molecule has 1 saturated heterocycles. The summed E-state index contributed by atoms with van der Waals surface area (Å²) in [6, 6.07) is 4.06. The molecule has 1 aromatic heterocycles. The maximum atomic E-state index is 13.7. The molecule has 0 radical (unpaired) electrons. The van der Waals surface area contributed by atoms with Crippen molar-refractivity contribution in [1.82, 2.24) is 15.2 Å². The highest BCUT2D eigenvalue weighted by molar-refractivity contribution is 5.57. The van der Waals surface area contributed by atoms with E-state index in [0.29, 0.717) is 12.5 Å². The topological polar surface area (TPSA) is 70.8 Å². The molecule has 1 aromatic carbocycles. The number of hydrogen-bond acceptors (Lipinski definition) is 4. The summed E-state index contributed by atoms with van der Waals surface area (Å²) in [5, 5.41) is 6.72. The first-order valence-electron chi connectivity index (χ1n) is 6.52. The number of aromatic amines is 1. The van der Waals surface area contributed by atoms with Crippen LogP contribution in [0.15, 0.2) is 18.2 Å². The first-order valence-corrected chi connectivity index (χ1v) is 6.52. The molecular weight excluding hydrogens is 264 g/mol. The molecule has 1 aliphatic rings. The zero-order chi connectivity index (χ0) is 14.1. The van der Waals surface area contributed by atoms with E-state index < -0.39 is 11.6 Å². The molecule has 2 aromatic rings. The number of halogens is 2. The van der Waals surface area contributed by atoms with Crippen molar-refractivity contribution in [2.45, 2.75) is 18.9 Å². The van der Waals surface area contributed by atoms with Crippen LogP contribution >= 0.6 is 0 Å². The smallest absolute Gasteiger partial charge is 0.245 e. The summed E-state index contributed by atoms with van der Waals surface area (Å²) < 4.78 is 26.9. The predicted octanol–water partition coefficient (Wildman–Crippen LogP) is 1.68. The van der Waals surface area contributed by atoms with Crippen molar-refractivity contribution in [3.8, 4) is 11.4 Å². The minimum Gasteiger partial charge on any atom is -0.338 e. The lowest BCUT2D eigenvalue weighted by Crippen LogP contribution is -2.43. The Morgan fingerprint density at radius 1 is 1.35 bits per heavy atom. The second-order valence-corrected chi connectivity index (χ2v) is 4.93. The Morgan fingerprint density at radius 3 is 3.00 bits per heavy atom. The zero-order valence-corrected chi connectivity index (χ0v) is 10.8. The van der Waals surface area contributed by atoms with E-state index in [0.717, 1.165) is 25.5 Å². The van der Waals surface area contributed by atoms with Crippen LogP contribution < -0.4 is 10.6 Å². The Kier molecular flexibility index (Phi) is 3.35. The van der Waals surface area contributed by atoms with Crippen molar-refractivity contribution in [3.63, 3.8) is 0 Å². The number of nitrogens with two attached hydrogens (primary N) is 1. The van der Waals surface area contributed by atoms with Gasteiger partial charge in [0.05, 0.1) is 5.56 Å². The third kappa shape index (κ3) is 2.36. The molecule has 0 amide bonds. The van der Waals surface area contributed by atoms with Gasteiger partial charge in [0.1, 0.15) is 0 Å². The molecule has 106 valence electrons. The van der Waals surface area contributed by atoms with Gasteiger partial charge in [-0.3, -0.25) is 5.10 Å². The maximum absolute atomic E-state index is 13.7. The molecule has 0 saturated carbocycles. The minimum absolute atomic E-state index is 0.0741. The third-order valence-electron chi connectivity index (χ3n) is 3.42. The highest BCUT2D eigenvalue weighted by Gasteiger charge is 2.21. The molecule has 1 atom stereocenters. The number of H-pyrrole nitrogens is 1. The first kappa shape index (κ1) is 13.0. The van der Waals surface area contributed by atoms with Crippen LogP contribution in [0.1, 0.15) is 12.8 Å². The van der Waals surface area contributed by atoms with Crippen LogP contribution in [-0.2, 0) is 0 Å². The fourth-order valence-corrected chi connectivity index (χ4v) is 2.39. The maximum Gasteiger partial charge on any atom is 0.245 e. The van der Waals surface area contributed by atoms with E-state index in [-0.39, 0.29) is 17.4 Å². The molecule has 5 nitrogen and oxygen atoms in total. The second kappa shape index (κ2) is 5.16. The molecule has 0 spiro atoms. The summed E-state index contributed by atoms with van der Waals surface area (Å²) >= 11 is 0. The average Bonchev–Trinajstić information content (AvgIpc) is 2.91. The SMILES string of the molecule is NC1CCCN(c2n[nH]c(-c3cccc(F)c3F)n2)C1. The normalized spacial score (nSPS) is 19.4. The summed E-state index contributed by atoms with van der Waals surface area (Å²) in [5.41, 5.74) is 5.98. The Morgan fingerprint density at radius 2 is 2.20 bits per heavy atom. The lowest BCUT2D eigenvalue weighted by molar-refractivity contribution is 0.500. The monoisotopic (exact) mass is 279 g/mol. The van der Waals surface area contributed by atoms with Crippen LogP contribution in [0.4, 0.5) is 14.7 Å². The van der Waals surface area contributed by atoms with Crippen LogP contribution in [0.3, 0.4) is 0 Å². The predicted molar refractivity (Wildman–Crippen MR) is 71.2 cm³/mol. The molecule has 3 N–H and O–H groups in total. The lowest BCUT2D eigenvalue weighted by Gasteiger charge is -2.29. The Balaban J connectivity index is 1.88. The van der Waals surface area contributed by atoms with Crippen LogP contribution in [0.5, 0.6) is 0 Å². The number of anilines is 1. The van der Waals surface area contributed by atoms with Gasteiger partial charge in [0.25, 0.3) is 0 Å². The van der Waals surface area contributed by atoms with Crippen molar-refractivity contribution in [3.05, 3.63) is 29.8 Å². The molecule has 1 unspecified atom stereocenters. The van der Waals surface area contributed by atoms with E-state index in [1.54, 1.807) is 0 Å². The number of aromatic nitrogens is 3. The largest absolute Gasteiger partial charge is 0.338 e. The number of piperidine rings is 1. The van der Waals surface area contributed by atoms with E-state index in [9.17, 15) is 8.78 Å². The van der Waals surface area contributed by atoms with Crippen LogP contribution in [-0.4, -0.2) is 34.3 Å². The highest BCUT2D eigenvalue weighted by Crippen LogP contribution is 2.23. The van der Waals surface area contributed by atoms with Gasteiger partial charge in [0.15, 0.2) is 17.5 Å². The molecule has 1 fully saturated rings. The Labute approximate surface area is 114 Å². The number of benzene rings is 1. The van der Waals surface area contributed by atoms with Crippen molar-refractivity contribution in [2.75, 3.05) is 18.0 Å². The van der Waals surface area contributed by atoms with Crippen LogP contribution in [0.2, 0.25) is 0 Å². The van der Waals surface area contributed by atoms with E-state index in [1.165, 1.54) is 12.1 Å². The van der Waals surface area contributed by atoms with E-state index in [2.05, 4.69) is 15.2 Å². The summed E-state index contributed by atoms with van der Waals surface area (Å²) in [6.45, 7) is 1.49. The molecule has 0 bridgehead atoms. The molecule has 2 heterocycles. The average molecular weight is 279 g/mol. The van der Waals surface area contributed by atoms with Crippen molar-refractivity contribution >= 4 is 5.95 Å². The Bertz CT molecular complexity index is 613. The summed E-state index contributed by atoms with van der Waals surface area (Å²) in [5.74, 6) is -1.14. The first-order chi connectivity index (χ1) is 9.65. The molecule has 7 heteroatoms. The van der Waals surface area contributed by atoms with E-state index in [1.807, 2.05) is 4.90 Å². The number of rotatable bonds is 2. The minimum atomic E-state index is -0.925. The lowest BCUT2D eigenvalue weighted by atomic mass is 10.1. The molecule has 0 aliphatic carbocycles. The number of nitrogens with one attached hydrogen (secondary N) is 1. The van der Waals surface area contributed by atoms with Crippen molar-refractivity contribution in [1.29, 1.82) is 0 Å². The van der Waals surface area contributed by atoms with Crippen LogP contribution in [0, 0.1) is 11.6 Å². The number of hydrogen-bond donors (Lipinski definition) is 2. The quantitative estimate of drug-likeness (QED) is 0.877. The second-order valence-electron chi connectivity index (χ2n) is 4.93. The molecular formula is C13H15F2N5. The van der Waals surface area contributed by atoms with Gasteiger partial charge < -0.3 is 10.6 Å². The van der Waals surface area contributed by atoms with Crippen molar-refractivity contribution in [2.24, 2.45) is 5.73 Å². The highest BCUT2D eigenvalue weighted by atomic mass is 19.2. The fraction of sp³-hybridized carbons (Fsp3) is 0.385. The van der Waals surface area contributed by atoms with E-state index in [4.69, 9.17) is 5.73 Å².